The molecule has 2 aromatic rings. The number of likely N-dealkylation sites (tertiary alicyclic amines) is 1. The van der Waals surface area contributed by atoms with Crippen molar-refractivity contribution in [1.82, 2.24) is 15.2 Å². The van der Waals surface area contributed by atoms with Crippen LogP contribution in [0, 0.1) is 12.8 Å². The Hall–Kier alpha value is -2.05. The monoisotopic (exact) mass is 413 g/mol. The van der Waals surface area contributed by atoms with Gasteiger partial charge in [0.05, 0.1) is 13.2 Å². The Morgan fingerprint density at radius 1 is 1.30 bits per heavy atom. The van der Waals surface area contributed by atoms with E-state index in [0.29, 0.717) is 18.9 Å². The minimum Gasteiger partial charge on any atom is -0.497 e. The number of amides is 1. The third-order valence-electron chi connectivity index (χ3n) is 6.79. The highest BCUT2D eigenvalue weighted by molar-refractivity contribution is 5.85. The number of rotatable bonds is 8. The van der Waals surface area contributed by atoms with Crippen LogP contribution in [0.2, 0.25) is 0 Å². The van der Waals surface area contributed by atoms with Gasteiger partial charge >= 0.3 is 0 Å². The van der Waals surface area contributed by atoms with E-state index in [1.54, 1.807) is 7.11 Å². The van der Waals surface area contributed by atoms with Crippen molar-refractivity contribution in [2.45, 2.75) is 58.1 Å². The van der Waals surface area contributed by atoms with Crippen LogP contribution in [-0.4, -0.2) is 55.2 Å². The van der Waals surface area contributed by atoms with Crippen LogP contribution in [-0.2, 0) is 16.1 Å². The number of benzene rings is 1. The number of methoxy groups -OCH3 is 1. The molecule has 2 fully saturated rings. The van der Waals surface area contributed by atoms with Crippen LogP contribution in [0.1, 0.15) is 49.8 Å². The van der Waals surface area contributed by atoms with Crippen molar-refractivity contribution in [3.05, 3.63) is 29.5 Å². The number of nitrogens with zero attached hydrogens (tertiary/aromatic N) is 1. The van der Waals surface area contributed by atoms with Crippen LogP contribution in [0.25, 0.3) is 10.9 Å². The molecule has 2 N–H and O–H groups in total. The van der Waals surface area contributed by atoms with E-state index in [9.17, 15) is 4.79 Å². The van der Waals surface area contributed by atoms with E-state index in [0.717, 1.165) is 51.3 Å². The molecule has 0 saturated carbocycles. The van der Waals surface area contributed by atoms with Crippen molar-refractivity contribution >= 4 is 16.8 Å². The van der Waals surface area contributed by atoms with E-state index >= 15 is 0 Å². The van der Waals surface area contributed by atoms with Gasteiger partial charge in [-0.2, -0.15) is 0 Å². The first-order valence-electron chi connectivity index (χ1n) is 11.4. The summed E-state index contributed by atoms with van der Waals surface area (Å²) in [5.74, 6) is 1.73. The van der Waals surface area contributed by atoms with Crippen LogP contribution in [0.3, 0.4) is 0 Å². The second-order valence-electron chi connectivity index (χ2n) is 8.84. The Balaban J connectivity index is 1.20. The topological polar surface area (TPSA) is 66.6 Å². The second-order valence-corrected chi connectivity index (χ2v) is 8.84. The molecule has 1 aromatic heterocycles. The Labute approximate surface area is 179 Å². The van der Waals surface area contributed by atoms with E-state index < -0.39 is 0 Å². The highest BCUT2D eigenvalue weighted by Gasteiger charge is 2.22. The fraction of sp³-hybridized carbons (Fsp3) is 0.625. The lowest BCUT2D eigenvalue weighted by Crippen LogP contribution is -2.35. The molecule has 2 aliphatic heterocycles. The smallest absolute Gasteiger partial charge is 0.220 e. The number of aromatic nitrogens is 1. The van der Waals surface area contributed by atoms with Gasteiger partial charge in [-0.1, -0.05) is 0 Å². The fourth-order valence-electron chi connectivity index (χ4n) is 4.76. The number of carbonyl (C=O) groups is 1. The first kappa shape index (κ1) is 21.2. The molecule has 3 heterocycles. The maximum absolute atomic E-state index is 12.1. The number of hydrogen-bond acceptors (Lipinski definition) is 4. The quantitative estimate of drug-likeness (QED) is 0.691. The molecule has 0 bridgehead atoms. The predicted octanol–water partition coefficient (Wildman–Crippen LogP) is 3.77. The summed E-state index contributed by atoms with van der Waals surface area (Å²) >= 11 is 0. The summed E-state index contributed by atoms with van der Waals surface area (Å²) in [4.78, 5) is 18.2. The average molecular weight is 414 g/mol. The Morgan fingerprint density at radius 2 is 2.13 bits per heavy atom. The zero-order valence-electron chi connectivity index (χ0n) is 18.3. The molecule has 1 aromatic carbocycles. The van der Waals surface area contributed by atoms with Crippen molar-refractivity contribution in [2.24, 2.45) is 5.92 Å². The molecular formula is C24H35N3O3. The summed E-state index contributed by atoms with van der Waals surface area (Å²) in [6.07, 6.45) is 6.40. The summed E-state index contributed by atoms with van der Waals surface area (Å²) < 4.78 is 10.9. The lowest BCUT2D eigenvalue weighted by atomic mass is 9.92. The van der Waals surface area contributed by atoms with E-state index in [1.165, 1.54) is 35.0 Å². The third-order valence-corrected chi connectivity index (χ3v) is 6.79. The maximum atomic E-state index is 12.1. The van der Waals surface area contributed by atoms with Gasteiger partial charge in [-0.05, 0) is 81.8 Å². The van der Waals surface area contributed by atoms with Crippen molar-refractivity contribution < 1.29 is 14.3 Å². The normalized spacial score (nSPS) is 20.7. The van der Waals surface area contributed by atoms with E-state index in [4.69, 9.17) is 9.47 Å². The molecule has 6 heteroatoms. The summed E-state index contributed by atoms with van der Waals surface area (Å²) in [6.45, 7) is 6.85. The number of nitrogens with one attached hydrogen (secondary N) is 2. The lowest BCUT2D eigenvalue weighted by Gasteiger charge is -2.31. The van der Waals surface area contributed by atoms with E-state index in [1.807, 2.05) is 6.07 Å². The van der Waals surface area contributed by atoms with Crippen molar-refractivity contribution in [2.75, 3.05) is 33.4 Å². The van der Waals surface area contributed by atoms with Gasteiger partial charge in [0.1, 0.15) is 5.75 Å². The molecule has 0 aliphatic carbocycles. The number of aryl methyl sites for hydroxylation is 1. The fourth-order valence-corrected chi connectivity index (χ4v) is 4.76. The van der Waals surface area contributed by atoms with Gasteiger partial charge in [0.25, 0.3) is 0 Å². The number of aromatic amines is 1. The number of ether oxygens (including phenoxy) is 2. The van der Waals surface area contributed by atoms with E-state index in [-0.39, 0.29) is 12.0 Å². The standard InChI is InChI=1S/C24H35N3O3/c1-17-21-14-19(29-2)6-7-22(21)26-23(17)16-27-11-9-18(10-12-27)5-8-24(28)25-15-20-4-3-13-30-20/h6-7,14,18,20,26H,3-5,8-13,15-16H2,1-2H3,(H,25,28). The number of piperidine rings is 1. The number of carbonyl (C=O) groups excluding carboxylic acids is 1. The summed E-state index contributed by atoms with van der Waals surface area (Å²) in [7, 11) is 1.71. The largest absolute Gasteiger partial charge is 0.497 e. The van der Waals surface area contributed by atoms with Crippen LogP contribution in [0.5, 0.6) is 5.75 Å². The molecule has 2 saturated heterocycles. The molecule has 30 heavy (non-hydrogen) atoms. The summed E-state index contributed by atoms with van der Waals surface area (Å²) in [5.41, 5.74) is 3.78. The molecule has 1 atom stereocenters. The highest BCUT2D eigenvalue weighted by Crippen LogP contribution is 2.28. The molecule has 4 rings (SSSR count). The van der Waals surface area contributed by atoms with Gasteiger partial charge in [-0.15, -0.1) is 0 Å². The van der Waals surface area contributed by atoms with Crippen LogP contribution in [0.15, 0.2) is 18.2 Å². The second kappa shape index (κ2) is 9.84. The van der Waals surface area contributed by atoms with Crippen molar-refractivity contribution in [3.63, 3.8) is 0 Å². The van der Waals surface area contributed by atoms with Crippen molar-refractivity contribution in [3.8, 4) is 5.75 Å². The Morgan fingerprint density at radius 3 is 2.87 bits per heavy atom. The molecule has 0 spiro atoms. The van der Waals surface area contributed by atoms with Gasteiger partial charge in [-0.3, -0.25) is 9.69 Å². The summed E-state index contributed by atoms with van der Waals surface area (Å²) in [5, 5.41) is 4.29. The minimum atomic E-state index is 0.178. The molecule has 0 radical (unpaired) electrons. The molecule has 164 valence electrons. The predicted molar refractivity (Wildman–Crippen MR) is 119 cm³/mol. The number of hydrogen-bond donors (Lipinski definition) is 2. The minimum absolute atomic E-state index is 0.178. The van der Waals surface area contributed by atoms with E-state index in [2.05, 4.69) is 34.3 Å². The highest BCUT2D eigenvalue weighted by atomic mass is 16.5. The maximum Gasteiger partial charge on any atom is 0.220 e. The first-order chi connectivity index (χ1) is 14.6. The van der Waals surface area contributed by atoms with Crippen molar-refractivity contribution in [1.29, 1.82) is 0 Å². The number of fused-ring (bicyclic) bond motifs is 1. The molecule has 1 unspecified atom stereocenters. The Bertz CT molecular complexity index is 849. The summed E-state index contributed by atoms with van der Waals surface area (Å²) in [6, 6.07) is 6.21. The molecule has 2 aliphatic rings. The van der Waals surface area contributed by atoms with Gasteiger partial charge < -0.3 is 19.8 Å². The molecular weight excluding hydrogens is 378 g/mol. The molecule has 6 nitrogen and oxygen atoms in total. The van der Waals surface area contributed by atoms with Gasteiger partial charge in [-0.25, -0.2) is 0 Å². The SMILES string of the molecule is COc1ccc2[nH]c(CN3CCC(CCC(=O)NCC4CCCO4)CC3)c(C)c2c1. The van der Waals surface area contributed by atoms with Gasteiger partial charge in [0.2, 0.25) is 5.91 Å². The Kier molecular flexibility index (Phi) is 6.95. The third kappa shape index (κ3) is 5.16. The average Bonchev–Trinajstić information content (AvgIpc) is 3.40. The first-order valence-corrected chi connectivity index (χ1v) is 11.4. The molecule has 1 amide bonds. The zero-order valence-corrected chi connectivity index (χ0v) is 18.3. The zero-order chi connectivity index (χ0) is 20.9. The van der Waals surface area contributed by atoms with Crippen LogP contribution < -0.4 is 10.1 Å². The van der Waals surface area contributed by atoms with Gasteiger partial charge in [0.15, 0.2) is 0 Å². The lowest BCUT2D eigenvalue weighted by molar-refractivity contribution is -0.122. The van der Waals surface area contributed by atoms with Crippen LogP contribution >= 0.6 is 0 Å². The van der Waals surface area contributed by atoms with Gasteiger partial charge in [0, 0.05) is 42.7 Å². The number of H-pyrrole nitrogens is 1. The van der Waals surface area contributed by atoms with Crippen LogP contribution in [0.4, 0.5) is 0 Å².